The van der Waals surface area contributed by atoms with Crippen LogP contribution in [0.15, 0.2) is 57.4 Å². The van der Waals surface area contributed by atoms with Crippen LogP contribution in [0.5, 0.6) is 0 Å². The number of aromatic nitrogens is 1. The summed E-state index contributed by atoms with van der Waals surface area (Å²) in [7, 11) is -3.17. The quantitative estimate of drug-likeness (QED) is 0.868. The molecule has 19 heavy (non-hydrogen) atoms. The van der Waals surface area contributed by atoms with Crippen molar-refractivity contribution in [2.24, 2.45) is 0 Å². The van der Waals surface area contributed by atoms with Crippen molar-refractivity contribution in [3.8, 4) is 6.07 Å². The summed E-state index contributed by atoms with van der Waals surface area (Å²) in [5, 5.41) is 9.50. The molecule has 0 unspecified atom stereocenters. The number of hydrogen-bond acceptors (Lipinski definition) is 5. The van der Waals surface area contributed by atoms with Gasteiger partial charge in [0.1, 0.15) is 5.03 Å². The summed E-state index contributed by atoms with van der Waals surface area (Å²) >= 11 is 1.38. The van der Waals surface area contributed by atoms with E-state index in [-0.39, 0.29) is 4.90 Å². The number of nitrogens with zero attached hydrogens (tertiary/aromatic N) is 2. The molecule has 96 valence electrons. The molecule has 0 radical (unpaired) electrons. The average Bonchev–Trinajstić information content (AvgIpc) is 2.38. The number of rotatable bonds is 3. The van der Waals surface area contributed by atoms with Crippen LogP contribution in [0.2, 0.25) is 0 Å². The van der Waals surface area contributed by atoms with E-state index in [2.05, 4.69) is 4.98 Å². The predicted molar refractivity (Wildman–Crippen MR) is 72.6 cm³/mol. The second-order valence-corrected chi connectivity index (χ2v) is 6.95. The van der Waals surface area contributed by atoms with Crippen molar-refractivity contribution in [3.63, 3.8) is 0 Å². The Morgan fingerprint density at radius 1 is 1.21 bits per heavy atom. The lowest BCUT2D eigenvalue weighted by molar-refractivity contribution is 0.602. The van der Waals surface area contributed by atoms with Crippen molar-refractivity contribution >= 4 is 21.6 Å². The number of pyridine rings is 1. The van der Waals surface area contributed by atoms with E-state index in [1.807, 2.05) is 6.07 Å². The van der Waals surface area contributed by atoms with Gasteiger partial charge in [0, 0.05) is 17.3 Å². The predicted octanol–water partition coefficient (Wildman–Crippen LogP) is 2.51. The van der Waals surface area contributed by atoms with Gasteiger partial charge in [0.15, 0.2) is 9.84 Å². The molecular formula is C13H10N2O2S2. The van der Waals surface area contributed by atoms with Crippen molar-refractivity contribution in [2.75, 3.05) is 6.26 Å². The van der Waals surface area contributed by atoms with Crippen LogP contribution in [0.4, 0.5) is 0 Å². The summed E-state index contributed by atoms with van der Waals surface area (Å²) < 4.78 is 22.7. The molecule has 1 heterocycles. The molecular weight excluding hydrogens is 280 g/mol. The molecule has 6 heteroatoms. The van der Waals surface area contributed by atoms with E-state index in [9.17, 15) is 8.42 Å². The Hall–Kier alpha value is -1.84. The molecule has 0 saturated carbocycles. The maximum atomic E-state index is 11.3. The maximum Gasteiger partial charge on any atom is 0.175 e. The van der Waals surface area contributed by atoms with Gasteiger partial charge in [0.25, 0.3) is 0 Å². The van der Waals surface area contributed by atoms with Crippen molar-refractivity contribution in [1.82, 2.24) is 4.98 Å². The molecule has 0 bridgehead atoms. The first-order chi connectivity index (χ1) is 8.99. The zero-order valence-electron chi connectivity index (χ0n) is 10.1. The van der Waals surface area contributed by atoms with Crippen LogP contribution >= 0.6 is 11.8 Å². The van der Waals surface area contributed by atoms with E-state index in [1.165, 1.54) is 18.0 Å². The third-order valence-electron chi connectivity index (χ3n) is 2.34. The molecule has 0 aliphatic rings. The van der Waals surface area contributed by atoms with E-state index < -0.39 is 9.84 Å². The monoisotopic (exact) mass is 290 g/mol. The van der Waals surface area contributed by atoms with E-state index >= 15 is 0 Å². The first-order valence-corrected chi connectivity index (χ1v) is 8.04. The Balaban J connectivity index is 2.22. The fraction of sp³-hybridized carbons (Fsp3) is 0.0769. The van der Waals surface area contributed by atoms with Gasteiger partial charge in [-0.15, -0.1) is 0 Å². The Labute approximate surface area is 116 Å². The van der Waals surface area contributed by atoms with Crippen molar-refractivity contribution in [1.29, 1.82) is 5.26 Å². The Morgan fingerprint density at radius 3 is 2.47 bits per heavy atom. The second kappa shape index (κ2) is 5.43. The number of nitriles is 1. The maximum absolute atomic E-state index is 11.3. The molecule has 0 amide bonds. The summed E-state index contributed by atoms with van der Waals surface area (Å²) in [6.45, 7) is 0. The number of benzene rings is 1. The SMILES string of the molecule is CS(=O)(=O)c1ccc(Sc2cc(C#N)ccn2)cc1. The first kappa shape index (κ1) is 13.6. The number of hydrogen-bond donors (Lipinski definition) is 0. The van der Waals surface area contributed by atoms with Crippen molar-refractivity contribution in [2.45, 2.75) is 14.8 Å². The Morgan fingerprint density at radius 2 is 1.89 bits per heavy atom. The van der Waals surface area contributed by atoms with Crippen LogP contribution in [0.3, 0.4) is 0 Å². The van der Waals surface area contributed by atoms with Crippen LogP contribution in [0, 0.1) is 11.3 Å². The third-order valence-corrected chi connectivity index (χ3v) is 4.41. The molecule has 4 nitrogen and oxygen atoms in total. The van der Waals surface area contributed by atoms with Crippen molar-refractivity contribution < 1.29 is 8.42 Å². The molecule has 0 fully saturated rings. The van der Waals surface area contributed by atoms with Gasteiger partial charge in [-0.1, -0.05) is 11.8 Å². The van der Waals surface area contributed by atoms with Crippen LogP contribution < -0.4 is 0 Å². The molecule has 0 aliphatic carbocycles. The Kier molecular flexibility index (Phi) is 3.88. The van der Waals surface area contributed by atoms with E-state index in [0.717, 1.165) is 4.90 Å². The fourth-order valence-electron chi connectivity index (χ4n) is 1.41. The van der Waals surface area contributed by atoms with Crippen molar-refractivity contribution in [3.05, 3.63) is 48.2 Å². The minimum Gasteiger partial charge on any atom is -0.250 e. The summed E-state index contributed by atoms with van der Waals surface area (Å²) in [6.07, 6.45) is 2.75. The Bertz CT molecular complexity index is 732. The zero-order chi connectivity index (χ0) is 13.9. The van der Waals surface area contributed by atoms with Gasteiger partial charge >= 0.3 is 0 Å². The van der Waals surface area contributed by atoms with E-state index in [0.29, 0.717) is 10.6 Å². The first-order valence-electron chi connectivity index (χ1n) is 5.33. The van der Waals surface area contributed by atoms with Gasteiger partial charge < -0.3 is 0 Å². The van der Waals surface area contributed by atoms with E-state index in [1.54, 1.807) is 42.6 Å². The van der Waals surface area contributed by atoms with Crippen LogP contribution in [0.25, 0.3) is 0 Å². The minimum atomic E-state index is -3.17. The van der Waals surface area contributed by atoms with Gasteiger partial charge in [0.2, 0.25) is 0 Å². The van der Waals surface area contributed by atoms with Gasteiger partial charge in [-0.2, -0.15) is 5.26 Å². The third kappa shape index (κ3) is 3.56. The normalized spacial score (nSPS) is 10.9. The smallest absolute Gasteiger partial charge is 0.175 e. The lowest BCUT2D eigenvalue weighted by atomic mass is 10.3. The molecule has 0 atom stereocenters. The van der Waals surface area contributed by atoms with Gasteiger partial charge in [-0.25, -0.2) is 13.4 Å². The topological polar surface area (TPSA) is 70.8 Å². The van der Waals surface area contributed by atoms with Gasteiger partial charge in [-0.3, -0.25) is 0 Å². The summed E-state index contributed by atoms with van der Waals surface area (Å²) in [6, 6.07) is 11.9. The molecule has 0 N–H and O–H groups in total. The average molecular weight is 290 g/mol. The molecule has 2 aromatic rings. The minimum absolute atomic E-state index is 0.288. The summed E-state index contributed by atoms with van der Waals surface area (Å²) in [5.74, 6) is 0. The van der Waals surface area contributed by atoms with Crippen LogP contribution in [-0.2, 0) is 9.84 Å². The molecule has 0 saturated heterocycles. The fourth-order valence-corrected chi connectivity index (χ4v) is 2.85. The second-order valence-electron chi connectivity index (χ2n) is 3.84. The van der Waals surface area contributed by atoms with E-state index in [4.69, 9.17) is 5.26 Å². The highest BCUT2D eigenvalue weighted by Crippen LogP contribution is 2.27. The summed E-state index contributed by atoms with van der Waals surface area (Å²) in [5.41, 5.74) is 0.547. The molecule has 0 spiro atoms. The highest BCUT2D eigenvalue weighted by molar-refractivity contribution is 7.99. The molecule has 0 aliphatic heterocycles. The lowest BCUT2D eigenvalue weighted by Crippen LogP contribution is -1.95. The standard InChI is InChI=1S/C13H10N2O2S2/c1-19(16,17)12-4-2-11(3-5-12)18-13-8-10(9-14)6-7-15-13/h2-8H,1H3. The largest absolute Gasteiger partial charge is 0.250 e. The van der Waals surface area contributed by atoms with Crippen LogP contribution in [0.1, 0.15) is 5.56 Å². The summed E-state index contributed by atoms with van der Waals surface area (Å²) in [4.78, 5) is 5.31. The van der Waals surface area contributed by atoms with Crippen LogP contribution in [-0.4, -0.2) is 19.7 Å². The van der Waals surface area contributed by atoms with Gasteiger partial charge in [-0.05, 0) is 36.4 Å². The van der Waals surface area contributed by atoms with Gasteiger partial charge in [0.05, 0.1) is 16.5 Å². The molecule has 2 rings (SSSR count). The highest BCUT2D eigenvalue weighted by atomic mass is 32.2. The zero-order valence-corrected chi connectivity index (χ0v) is 11.7. The molecule has 1 aromatic carbocycles. The number of sulfone groups is 1. The lowest BCUT2D eigenvalue weighted by Gasteiger charge is -2.02. The highest BCUT2D eigenvalue weighted by Gasteiger charge is 2.07. The molecule has 1 aromatic heterocycles.